The zero-order valence-corrected chi connectivity index (χ0v) is 8.33. The van der Waals surface area contributed by atoms with Gasteiger partial charge >= 0.3 is 0 Å². The van der Waals surface area contributed by atoms with Gasteiger partial charge in [0.2, 0.25) is 0 Å². The summed E-state index contributed by atoms with van der Waals surface area (Å²) in [6.45, 7) is 0.412. The lowest BCUT2D eigenvalue weighted by Gasteiger charge is -2.09. The van der Waals surface area contributed by atoms with Crippen molar-refractivity contribution in [1.29, 1.82) is 5.26 Å². The van der Waals surface area contributed by atoms with Gasteiger partial charge in [-0.2, -0.15) is 5.26 Å². The van der Waals surface area contributed by atoms with Crippen molar-refractivity contribution in [2.45, 2.75) is 6.10 Å². The van der Waals surface area contributed by atoms with Crippen molar-refractivity contribution in [2.75, 3.05) is 17.7 Å². The lowest BCUT2D eigenvalue weighted by Crippen LogP contribution is -2.20. The predicted molar refractivity (Wildman–Crippen MR) is 56.4 cm³/mol. The van der Waals surface area contributed by atoms with E-state index in [9.17, 15) is 5.11 Å². The molecule has 3 nitrogen and oxygen atoms in total. The van der Waals surface area contributed by atoms with Crippen molar-refractivity contribution >= 4 is 17.3 Å². The summed E-state index contributed by atoms with van der Waals surface area (Å²) in [7, 11) is 0. The number of aliphatic hydroxyl groups excluding tert-OH is 1. The molecule has 0 bridgehead atoms. The first-order valence-corrected chi connectivity index (χ1v) is 4.78. The molecule has 0 heterocycles. The van der Waals surface area contributed by atoms with E-state index in [4.69, 9.17) is 16.9 Å². The Morgan fingerprint density at radius 3 is 2.57 bits per heavy atom. The maximum Gasteiger partial charge on any atom is 0.0991 e. The van der Waals surface area contributed by atoms with Gasteiger partial charge in [-0.05, 0) is 24.3 Å². The Labute approximate surface area is 87.9 Å². The van der Waals surface area contributed by atoms with Crippen LogP contribution < -0.4 is 5.32 Å². The zero-order chi connectivity index (χ0) is 10.4. The molecule has 1 rings (SSSR count). The molecule has 1 unspecified atom stereocenters. The van der Waals surface area contributed by atoms with Crippen LogP contribution in [0, 0.1) is 11.3 Å². The summed E-state index contributed by atoms with van der Waals surface area (Å²) in [5, 5.41) is 20.7. The number of rotatable bonds is 4. The molecular formula is C10H11ClN2O. The van der Waals surface area contributed by atoms with E-state index in [0.717, 1.165) is 5.69 Å². The molecule has 1 aromatic rings. The largest absolute Gasteiger partial charge is 0.390 e. The molecule has 0 aromatic heterocycles. The van der Waals surface area contributed by atoms with Crippen molar-refractivity contribution in [1.82, 2.24) is 0 Å². The third-order valence-electron chi connectivity index (χ3n) is 1.73. The summed E-state index contributed by atoms with van der Waals surface area (Å²) < 4.78 is 0. The number of nitrogens with one attached hydrogen (secondary N) is 1. The van der Waals surface area contributed by atoms with Gasteiger partial charge in [0.15, 0.2) is 0 Å². The molecule has 4 heteroatoms. The van der Waals surface area contributed by atoms with Crippen LogP contribution in [-0.4, -0.2) is 23.6 Å². The number of aliphatic hydroxyl groups is 1. The quantitative estimate of drug-likeness (QED) is 0.742. The Hall–Kier alpha value is -1.24. The van der Waals surface area contributed by atoms with Crippen molar-refractivity contribution in [3.05, 3.63) is 29.8 Å². The number of benzene rings is 1. The fraction of sp³-hybridized carbons (Fsp3) is 0.300. The number of alkyl halides is 1. The Morgan fingerprint density at radius 1 is 1.43 bits per heavy atom. The number of nitriles is 1. The van der Waals surface area contributed by atoms with Gasteiger partial charge in [0, 0.05) is 12.2 Å². The van der Waals surface area contributed by atoms with E-state index in [0.29, 0.717) is 12.1 Å². The van der Waals surface area contributed by atoms with Crippen LogP contribution in [0.2, 0.25) is 0 Å². The van der Waals surface area contributed by atoms with E-state index in [1.807, 2.05) is 6.07 Å². The van der Waals surface area contributed by atoms with Gasteiger partial charge in [0.1, 0.15) is 0 Å². The molecule has 0 aliphatic heterocycles. The first kappa shape index (κ1) is 10.8. The van der Waals surface area contributed by atoms with Gasteiger partial charge in [0.05, 0.1) is 23.6 Å². The molecule has 0 aliphatic rings. The van der Waals surface area contributed by atoms with Crippen molar-refractivity contribution in [2.24, 2.45) is 0 Å². The SMILES string of the molecule is N#Cc1ccc(NCC(O)CCl)cc1. The van der Waals surface area contributed by atoms with Crippen LogP contribution in [0.25, 0.3) is 0 Å². The van der Waals surface area contributed by atoms with E-state index in [1.165, 1.54) is 0 Å². The van der Waals surface area contributed by atoms with E-state index in [2.05, 4.69) is 5.32 Å². The minimum atomic E-state index is -0.549. The molecule has 0 saturated heterocycles. The lowest BCUT2D eigenvalue weighted by molar-refractivity contribution is 0.211. The van der Waals surface area contributed by atoms with E-state index in [1.54, 1.807) is 24.3 Å². The molecule has 0 spiro atoms. The fourth-order valence-corrected chi connectivity index (χ4v) is 1.06. The van der Waals surface area contributed by atoms with Crippen molar-refractivity contribution < 1.29 is 5.11 Å². The van der Waals surface area contributed by atoms with Gasteiger partial charge in [-0.25, -0.2) is 0 Å². The van der Waals surface area contributed by atoms with Gasteiger partial charge < -0.3 is 10.4 Å². The van der Waals surface area contributed by atoms with Gasteiger partial charge in [0.25, 0.3) is 0 Å². The number of hydrogen-bond donors (Lipinski definition) is 2. The molecule has 0 amide bonds. The summed E-state index contributed by atoms with van der Waals surface area (Å²) in [4.78, 5) is 0. The maximum atomic E-state index is 9.17. The standard InChI is InChI=1S/C10H11ClN2O/c11-5-10(14)7-13-9-3-1-8(6-12)2-4-9/h1-4,10,13-14H,5,7H2. The number of anilines is 1. The molecule has 14 heavy (non-hydrogen) atoms. The molecule has 0 aliphatic carbocycles. The lowest BCUT2D eigenvalue weighted by atomic mass is 10.2. The fourth-order valence-electron chi connectivity index (χ4n) is 0.953. The van der Waals surface area contributed by atoms with E-state index >= 15 is 0 Å². The highest BCUT2D eigenvalue weighted by Crippen LogP contribution is 2.08. The Balaban J connectivity index is 2.49. The van der Waals surface area contributed by atoms with Gasteiger partial charge in [-0.15, -0.1) is 11.6 Å². The smallest absolute Gasteiger partial charge is 0.0991 e. The monoisotopic (exact) mass is 210 g/mol. The first-order valence-electron chi connectivity index (χ1n) is 4.24. The first-order chi connectivity index (χ1) is 6.76. The van der Waals surface area contributed by atoms with Crippen LogP contribution in [0.15, 0.2) is 24.3 Å². The minimum Gasteiger partial charge on any atom is -0.390 e. The normalized spacial score (nSPS) is 11.8. The third-order valence-corrected chi connectivity index (χ3v) is 2.09. The average Bonchev–Trinajstić information content (AvgIpc) is 2.26. The highest BCUT2D eigenvalue weighted by molar-refractivity contribution is 6.18. The molecule has 0 saturated carbocycles. The van der Waals surface area contributed by atoms with Crippen LogP contribution in [0.1, 0.15) is 5.56 Å². The van der Waals surface area contributed by atoms with Crippen LogP contribution in [0.4, 0.5) is 5.69 Å². The Bertz CT molecular complexity index is 318. The van der Waals surface area contributed by atoms with Crippen molar-refractivity contribution in [3.63, 3.8) is 0 Å². The van der Waals surface area contributed by atoms with Gasteiger partial charge in [-0.3, -0.25) is 0 Å². The Morgan fingerprint density at radius 2 is 2.07 bits per heavy atom. The molecular weight excluding hydrogens is 200 g/mol. The van der Waals surface area contributed by atoms with Crippen molar-refractivity contribution in [3.8, 4) is 6.07 Å². The molecule has 0 radical (unpaired) electrons. The average molecular weight is 211 g/mol. The summed E-state index contributed by atoms with van der Waals surface area (Å²) in [5.74, 6) is 0.212. The van der Waals surface area contributed by atoms with E-state index < -0.39 is 6.10 Å². The molecule has 1 atom stereocenters. The van der Waals surface area contributed by atoms with Gasteiger partial charge in [-0.1, -0.05) is 0 Å². The van der Waals surface area contributed by atoms with Crippen LogP contribution in [0.3, 0.4) is 0 Å². The molecule has 74 valence electrons. The van der Waals surface area contributed by atoms with E-state index in [-0.39, 0.29) is 5.88 Å². The second-order valence-electron chi connectivity index (χ2n) is 2.88. The minimum absolute atomic E-state index is 0.212. The highest BCUT2D eigenvalue weighted by atomic mass is 35.5. The number of hydrogen-bond acceptors (Lipinski definition) is 3. The summed E-state index contributed by atoms with van der Waals surface area (Å²) in [6, 6.07) is 9.05. The predicted octanol–water partition coefficient (Wildman–Crippen LogP) is 1.57. The molecule has 1 aromatic carbocycles. The summed E-state index contributed by atoms with van der Waals surface area (Å²) in [6.07, 6.45) is -0.549. The van der Waals surface area contributed by atoms with Crippen LogP contribution in [0.5, 0.6) is 0 Å². The number of halogens is 1. The number of nitrogens with zero attached hydrogens (tertiary/aromatic N) is 1. The third kappa shape index (κ3) is 3.25. The maximum absolute atomic E-state index is 9.17. The second-order valence-corrected chi connectivity index (χ2v) is 3.19. The highest BCUT2D eigenvalue weighted by Gasteiger charge is 2.00. The molecule has 0 fully saturated rings. The summed E-state index contributed by atoms with van der Waals surface area (Å²) >= 11 is 5.43. The van der Waals surface area contributed by atoms with Crippen LogP contribution in [-0.2, 0) is 0 Å². The Kier molecular flexibility index (Phi) is 4.24. The second kappa shape index (κ2) is 5.48. The molecule has 2 N–H and O–H groups in total. The zero-order valence-electron chi connectivity index (χ0n) is 7.57. The van der Waals surface area contributed by atoms with Crippen LogP contribution >= 0.6 is 11.6 Å². The topological polar surface area (TPSA) is 56.0 Å². The summed E-state index contributed by atoms with van der Waals surface area (Å²) in [5.41, 5.74) is 1.49.